The molecule has 6 heteroatoms. The van der Waals surface area contributed by atoms with Crippen LogP contribution in [0.5, 0.6) is 0 Å². The summed E-state index contributed by atoms with van der Waals surface area (Å²) in [6.07, 6.45) is -3.15. The molecule has 1 aromatic carbocycles. The molecule has 0 aromatic heterocycles. The van der Waals surface area contributed by atoms with Gasteiger partial charge in [-0.2, -0.15) is 0 Å². The van der Waals surface area contributed by atoms with Crippen molar-refractivity contribution in [3.63, 3.8) is 0 Å². The molecule has 1 aromatic rings. The van der Waals surface area contributed by atoms with Crippen LogP contribution in [0.3, 0.4) is 0 Å². The lowest BCUT2D eigenvalue weighted by atomic mass is 9.97. The summed E-state index contributed by atoms with van der Waals surface area (Å²) in [6.45, 7) is 1.25. The van der Waals surface area contributed by atoms with E-state index < -0.39 is 24.2 Å². The van der Waals surface area contributed by atoms with E-state index in [-0.39, 0.29) is 22.5 Å². The number of carbonyl (C=O) groups excluding carboxylic acids is 1. The Balaban J connectivity index is 3.24. The summed E-state index contributed by atoms with van der Waals surface area (Å²) in [7, 11) is 0. The molecule has 1 atom stereocenters. The maximum absolute atomic E-state index is 12.5. The second-order valence-electron chi connectivity index (χ2n) is 3.80. The summed E-state index contributed by atoms with van der Waals surface area (Å²) in [5.41, 5.74) is 0.105. The lowest BCUT2D eigenvalue weighted by Gasteiger charge is -2.13. The van der Waals surface area contributed by atoms with Crippen LogP contribution < -0.4 is 0 Å². The molecule has 0 saturated carbocycles. The summed E-state index contributed by atoms with van der Waals surface area (Å²) in [6, 6.07) is 3.49. The topological polar surface area (TPSA) is 54.4 Å². The number of ketones is 1. The van der Waals surface area contributed by atoms with Gasteiger partial charge in [-0.15, -0.1) is 11.6 Å². The van der Waals surface area contributed by atoms with Crippen molar-refractivity contribution >= 4 is 23.4 Å². The molecule has 3 nitrogen and oxygen atoms in total. The molecule has 0 amide bonds. The first kappa shape index (κ1) is 14.6. The van der Waals surface area contributed by atoms with Gasteiger partial charge in [0.15, 0.2) is 5.78 Å². The van der Waals surface area contributed by atoms with Crippen LogP contribution in [0.25, 0.3) is 0 Å². The summed E-state index contributed by atoms with van der Waals surface area (Å²) in [5.74, 6) is -1.54. The summed E-state index contributed by atoms with van der Waals surface area (Å²) < 4.78 is 25.1. The van der Waals surface area contributed by atoms with E-state index in [4.69, 9.17) is 16.7 Å². The molecule has 0 aliphatic carbocycles. The molecular formula is C12H11ClF2O3. The molecule has 0 aliphatic heterocycles. The molecule has 1 N–H and O–H groups in total. The first-order chi connectivity index (χ1) is 8.32. The maximum atomic E-state index is 12.5. The zero-order valence-electron chi connectivity index (χ0n) is 9.49. The lowest BCUT2D eigenvalue weighted by molar-refractivity contribution is -0.136. The molecule has 18 heavy (non-hydrogen) atoms. The molecular weight excluding hydrogens is 266 g/mol. The highest BCUT2D eigenvalue weighted by Gasteiger charge is 2.20. The van der Waals surface area contributed by atoms with Crippen molar-refractivity contribution in [1.82, 2.24) is 0 Å². The van der Waals surface area contributed by atoms with Gasteiger partial charge >= 0.3 is 5.97 Å². The van der Waals surface area contributed by atoms with Gasteiger partial charge < -0.3 is 5.11 Å². The van der Waals surface area contributed by atoms with E-state index in [2.05, 4.69) is 0 Å². The standard InChI is InChI=1S/C12H11ClF2O3/c1-6(16)11(13)9-3-2-7(12(14)15)4-8(9)5-10(17)18/h2-4,11-12H,5H2,1H3,(H,17,18). The van der Waals surface area contributed by atoms with E-state index in [1.165, 1.54) is 13.0 Å². The molecule has 1 unspecified atom stereocenters. The van der Waals surface area contributed by atoms with E-state index >= 15 is 0 Å². The fourth-order valence-electron chi connectivity index (χ4n) is 1.54. The molecule has 0 fully saturated rings. The zero-order valence-corrected chi connectivity index (χ0v) is 10.2. The molecule has 0 spiro atoms. The number of Topliss-reactive ketones (excluding diaryl/α,β-unsaturated/α-hetero) is 1. The smallest absolute Gasteiger partial charge is 0.307 e. The van der Waals surface area contributed by atoms with Crippen molar-refractivity contribution in [3.05, 3.63) is 34.9 Å². The Labute approximate surface area is 107 Å². The van der Waals surface area contributed by atoms with E-state index in [0.717, 1.165) is 12.1 Å². The number of alkyl halides is 3. The molecule has 0 saturated heterocycles. The molecule has 98 valence electrons. The van der Waals surface area contributed by atoms with Crippen molar-refractivity contribution < 1.29 is 23.5 Å². The van der Waals surface area contributed by atoms with Crippen LogP contribution in [0.1, 0.15) is 35.4 Å². The third-order valence-corrected chi connectivity index (χ3v) is 2.93. The number of carboxylic acid groups (broad SMARTS) is 1. The van der Waals surface area contributed by atoms with Crippen LogP contribution >= 0.6 is 11.6 Å². The van der Waals surface area contributed by atoms with Crippen molar-refractivity contribution in [2.45, 2.75) is 25.1 Å². The highest BCUT2D eigenvalue weighted by Crippen LogP contribution is 2.29. The van der Waals surface area contributed by atoms with Crippen LogP contribution in [-0.4, -0.2) is 16.9 Å². The summed E-state index contributed by atoms with van der Waals surface area (Å²) >= 11 is 5.83. The number of aliphatic carboxylic acids is 1. The fourth-order valence-corrected chi connectivity index (χ4v) is 1.76. The monoisotopic (exact) mass is 276 g/mol. The van der Waals surface area contributed by atoms with Crippen LogP contribution in [0, 0.1) is 0 Å². The highest BCUT2D eigenvalue weighted by molar-refractivity contribution is 6.30. The van der Waals surface area contributed by atoms with Gasteiger partial charge in [-0.1, -0.05) is 12.1 Å². The summed E-state index contributed by atoms with van der Waals surface area (Å²) in [5, 5.41) is 7.70. The van der Waals surface area contributed by atoms with Crippen molar-refractivity contribution in [3.8, 4) is 0 Å². The normalized spacial score (nSPS) is 12.5. The average Bonchev–Trinajstić information content (AvgIpc) is 2.26. The average molecular weight is 277 g/mol. The van der Waals surface area contributed by atoms with Gasteiger partial charge in [0.1, 0.15) is 5.38 Å². The van der Waals surface area contributed by atoms with E-state index in [1.54, 1.807) is 0 Å². The van der Waals surface area contributed by atoms with E-state index in [0.29, 0.717) is 0 Å². The quantitative estimate of drug-likeness (QED) is 0.841. The minimum absolute atomic E-state index is 0.135. The third-order valence-electron chi connectivity index (χ3n) is 2.39. The number of carboxylic acids is 1. The first-order valence-corrected chi connectivity index (χ1v) is 5.53. The lowest BCUT2D eigenvalue weighted by Crippen LogP contribution is -2.09. The Morgan fingerprint density at radius 3 is 2.44 bits per heavy atom. The SMILES string of the molecule is CC(=O)C(Cl)c1ccc(C(F)F)cc1CC(=O)O. The molecule has 1 rings (SSSR count). The Hall–Kier alpha value is -1.49. The minimum atomic E-state index is -2.70. The maximum Gasteiger partial charge on any atom is 0.307 e. The molecule has 0 radical (unpaired) electrons. The van der Waals surface area contributed by atoms with E-state index in [9.17, 15) is 18.4 Å². The number of benzene rings is 1. The minimum Gasteiger partial charge on any atom is -0.481 e. The predicted molar refractivity (Wildman–Crippen MR) is 62.0 cm³/mol. The van der Waals surface area contributed by atoms with Gasteiger partial charge in [-0.05, 0) is 24.1 Å². The first-order valence-electron chi connectivity index (χ1n) is 5.10. The number of hydrogen-bond donors (Lipinski definition) is 1. The Morgan fingerprint density at radius 2 is 2.00 bits per heavy atom. The Bertz CT molecular complexity index is 474. The third kappa shape index (κ3) is 3.50. The van der Waals surface area contributed by atoms with Gasteiger partial charge in [0.2, 0.25) is 0 Å². The van der Waals surface area contributed by atoms with Crippen LogP contribution in [0.4, 0.5) is 8.78 Å². The Kier molecular flexibility index (Phi) is 4.78. The second-order valence-corrected chi connectivity index (χ2v) is 4.24. The largest absolute Gasteiger partial charge is 0.481 e. The zero-order chi connectivity index (χ0) is 13.9. The molecule has 0 heterocycles. The number of halogens is 3. The number of rotatable bonds is 5. The van der Waals surface area contributed by atoms with Gasteiger partial charge in [0, 0.05) is 5.56 Å². The molecule has 0 bridgehead atoms. The van der Waals surface area contributed by atoms with Crippen molar-refractivity contribution in [2.75, 3.05) is 0 Å². The van der Waals surface area contributed by atoms with Crippen LogP contribution in [0.2, 0.25) is 0 Å². The fraction of sp³-hybridized carbons (Fsp3) is 0.333. The highest BCUT2D eigenvalue weighted by atomic mass is 35.5. The van der Waals surface area contributed by atoms with Crippen LogP contribution in [0.15, 0.2) is 18.2 Å². The van der Waals surface area contributed by atoms with E-state index in [1.807, 2.05) is 0 Å². The second kappa shape index (κ2) is 5.91. The van der Waals surface area contributed by atoms with Gasteiger partial charge in [-0.3, -0.25) is 9.59 Å². The van der Waals surface area contributed by atoms with Gasteiger partial charge in [0.05, 0.1) is 6.42 Å². The van der Waals surface area contributed by atoms with Crippen LogP contribution in [-0.2, 0) is 16.0 Å². The summed E-state index contributed by atoms with van der Waals surface area (Å²) in [4.78, 5) is 21.9. The number of carbonyl (C=O) groups is 2. The van der Waals surface area contributed by atoms with Gasteiger partial charge in [-0.25, -0.2) is 8.78 Å². The van der Waals surface area contributed by atoms with Crippen molar-refractivity contribution in [2.24, 2.45) is 0 Å². The Morgan fingerprint density at radius 1 is 1.39 bits per heavy atom. The predicted octanol–water partition coefficient (Wildman–Crippen LogP) is 3.12. The number of hydrogen-bond acceptors (Lipinski definition) is 2. The van der Waals surface area contributed by atoms with Crippen molar-refractivity contribution in [1.29, 1.82) is 0 Å². The van der Waals surface area contributed by atoms with Gasteiger partial charge in [0.25, 0.3) is 6.43 Å². The molecule has 0 aliphatic rings.